The van der Waals surface area contributed by atoms with Crippen LogP contribution in [-0.2, 0) is 14.3 Å². The smallest absolute Gasteiger partial charge is 0.307 e. The van der Waals surface area contributed by atoms with E-state index in [1.807, 2.05) is 0 Å². The number of carboxylic acids is 1. The second-order valence-corrected chi connectivity index (χ2v) is 4.10. The molecular weight excluding hydrogens is 192 g/mol. The molecule has 1 saturated heterocycles. The molecule has 0 aromatic heterocycles. The Morgan fingerprint density at radius 1 is 1.54 bits per heavy atom. The number of hydrogen-bond donors (Lipinski definition) is 1. The van der Waals surface area contributed by atoms with Crippen molar-refractivity contribution in [3.63, 3.8) is 0 Å². The number of rotatable bonds is 3. The minimum Gasteiger partial charge on any atom is -0.481 e. The number of carboxylic acid groups (broad SMARTS) is 1. The molecule has 1 rings (SSSR count). The van der Waals surface area contributed by atoms with Gasteiger partial charge in [-0.1, -0.05) is 0 Å². The van der Waals surface area contributed by atoms with Crippen molar-refractivity contribution in [2.75, 3.05) is 18.6 Å². The zero-order valence-corrected chi connectivity index (χ0v) is 8.17. The third-order valence-electron chi connectivity index (χ3n) is 2.17. The lowest BCUT2D eigenvalue weighted by atomic mass is 9.93. The predicted octanol–water partition coefficient (Wildman–Crippen LogP) is 0.613. The molecular formula is C8H12O4S. The minimum atomic E-state index is -0.807. The highest BCUT2D eigenvalue weighted by Gasteiger charge is 2.34. The molecule has 1 aliphatic rings. The summed E-state index contributed by atoms with van der Waals surface area (Å²) >= 11 is 1.58. The van der Waals surface area contributed by atoms with Crippen molar-refractivity contribution < 1.29 is 19.4 Å². The fraction of sp³-hybridized carbons (Fsp3) is 0.750. The van der Waals surface area contributed by atoms with Crippen LogP contribution >= 0.6 is 11.8 Å². The number of thioether (sulfide) groups is 1. The van der Waals surface area contributed by atoms with Crippen LogP contribution < -0.4 is 0 Å². The second kappa shape index (κ2) is 4.50. The van der Waals surface area contributed by atoms with Crippen molar-refractivity contribution in [2.45, 2.75) is 6.42 Å². The summed E-state index contributed by atoms with van der Waals surface area (Å²) in [5.74, 6) is -0.222. The Balaban J connectivity index is 2.48. The Hall–Kier alpha value is -0.710. The summed E-state index contributed by atoms with van der Waals surface area (Å²) < 4.78 is 4.50. The minimum absolute atomic E-state index is 0.0602. The molecule has 0 radical (unpaired) electrons. The number of hydrogen-bond acceptors (Lipinski definition) is 4. The number of methoxy groups -OCH3 is 1. The molecule has 0 bridgehead atoms. The summed E-state index contributed by atoms with van der Waals surface area (Å²) in [6.07, 6.45) is 0.223. The Morgan fingerprint density at radius 2 is 2.23 bits per heavy atom. The zero-order valence-electron chi connectivity index (χ0n) is 7.36. The fourth-order valence-corrected chi connectivity index (χ4v) is 2.83. The van der Waals surface area contributed by atoms with Crippen molar-refractivity contribution in [3.8, 4) is 0 Å². The molecule has 4 nitrogen and oxygen atoms in total. The fourth-order valence-electron chi connectivity index (χ4n) is 1.37. The van der Waals surface area contributed by atoms with E-state index in [4.69, 9.17) is 5.11 Å². The maximum Gasteiger partial charge on any atom is 0.307 e. The number of aliphatic carboxylic acids is 1. The van der Waals surface area contributed by atoms with Gasteiger partial charge in [-0.15, -0.1) is 0 Å². The zero-order chi connectivity index (χ0) is 9.84. The summed E-state index contributed by atoms with van der Waals surface area (Å²) in [6, 6.07) is 0. The van der Waals surface area contributed by atoms with Gasteiger partial charge in [-0.05, 0) is 11.7 Å². The van der Waals surface area contributed by atoms with Crippen molar-refractivity contribution in [2.24, 2.45) is 11.8 Å². The third kappa shape index (κ3) is 2.62. The molecule has 0 aromatic carbocycles. The van der Waals surface area contributed by atoms with Crippen molar-refractivity contribution in [1.82, 2.24) is 0 Å². The summed E-state index contributed by atoms with van der Waals surface area (Å²) in [6.45, 7) is 0. The van der Waals surface area contributed by atoms with E-state index in [-0.39, 0.29) is 24.2 Å². The van der Waals surface area contributed by atoms with Gasteiger partial charge in [0.15, 0.2) is 0 Å². The number of ether oxygens (including phenoxy) is 1. The highest BCUT2D eigenvalue weighted by Crippen LogP contribution is 2.32. The first-order chi connectivity index (χ1) is 6.15. The highest BCUT2D eigenvalue weighted by atomic mass is 32.2. The lowest BCUT2D eigenvalue weighted by Crippen LogP contribution is -2.24. The molecule has 1 heterocycles. The van der Waals surface area contributed by atoms with E-state index in [0.29, 0.717) is 5.75 Å². The van der Waals surface area contributed by atoms with Gasteiger partial charge in [-0.3, -0.25) is 9.59 Å². The SMILES string of the molecule is COC(=O)C[C@H]1CSC[C@H]1C(=O)O. The van der Waals surface area contributed by atoms with Crippen LogP contribution in [0.3, 0.4) is 0 Å². The first kappa shape index (κ1) is 10.4. The van der Waals surface area contributed by atoms with Crippen LogP contribution in [0.15, 0.2) is 0 Å². The molecule has 2 atom stereocenters. The van der Waals surface area contributed by atoms with Gasteiger partial charge in [0.1, 0.15) is 0 Å². The summed E-state index contributed by atoms with van der Waals surface area (Å²) in [5, 5.41) is 8.80. The number of esters is 1. The first-order valence-electron chi connectivity index (χ1n) is 4.02. The lowest BCUT2D eigenvalue weighted by molar-refractivity contribution is -0.145. The largest absolute Gasteiger partial charge is 0.481 e. The van der Waals surface area contributed by atoms with Crippen molar-refractivity contribution in [1.29, 1.82) is 0 Å². The summed E-state index contributed by atoms with van der Waals surface area (Å²) in [7, 11) is 1.32. The van der Waals surface area contributed by atoms with Gasteiger partial charge in [0, 0.05) is 12.2 Å². The van der Waals surface area contributed by atoms with Crippen LogP contribution in [0.1, 0.15) is 6.42 Å². The van der Waals surface area contributed by atoms with Gasteiger partial charge >= 0.3 is 11.9 Å². The predicted molar refractivity (Wildman–Crippen MR) is 48.6 cm³/mol. The van der Waals surface area contributed by atoms with E-state index < -0.39 is 5.97 Å². The average Bonchev–Trinajstić information content (AvgIpc) is 2.52. The average molecular weight is 204 g/mol. The topological polar surface area (TPSA) is 63.6 Å². The van der Waals surface area contributed by atoms with Gasteiger partial charge in [-0.25, -0.2) is 0 Å². The molecule has 0 saturated carbocycles. The highest BCUT2D eigenvalue weighted by molar-refractivity contribution is 7.99. The molecule has 1 N–H and O–H groups in total. The maximum absolute atomic E-state index is 10.9. The molecule has 1 aliphatic heterocycles. The Kier molecular flexibility index (Phi) is 3.59. The normalized spacial score (nSPS) is 27.2. The van der Waals surface area contributed by atoms with E-state index in [1.165, 1.54) is 7.11 Å². The van der Waals surface area contributed by atoms with Gasteiger partial charge in [-0.2, -0.15) is 11.8 Å². The molecule has 0 unspecified atom stereocenters. The molecule has 1 fully saturated rings. The van der Waals surface area contributed by atoms with Crippen LogP contribution in [0, 0.1) is 11.8 Å². The van der Waals surface area contributed by atoms with Crippen LogP contribution in [0.4, 0.5) is 0 Å². The molecule has 0 aromatic rings. The Morgan fingerprint density at radius 3 is 2.77 bits per heavy atom. The third-order valence-corrected chi connectivity index (χ3v) is 3.43. The molecule has 13 heavy (non-hydrogen) atoms. The quantitative estimate of drug-likeness (QED) is 0.682. The Labute approximate surface area is 80.6 Å². The van der Waals surface area contributed by atoms with E-state index in [9.17, 15) is 9.59 Å². The Bertz CT molecular complexity index is 216. The molecule has 0 aliphatic carbocycles. The van der Waals surface area contributed by atoms with Crippen LogP contribution in [0.25, 0.3) is 0 Å². The van der Waals surface area contributed by atoms with Gasteiger partial charge in [0.2, 0.25) is 0 Å². The standard InChI is InChI=1S/C8H12O4S/c1-12-7(9)2-5-3-13-4-6(5)8(10)11/h5-6H,2-4H2,1H3,(H,10,11)/t5-,6+/m0/s1. The van der Waals surface area contributed by atoms with Crippen LogP contribution in [0.5, 0.6) is 0 Å². The van der Waals surface area contributed by atoms with Gasteiger partial charge < -0.3 is 9.84 Å². The summed E-state index contributed by atoms with van der Waals surface area (Å²) in [4.78, 5) is 21.6. The van der Waals surface area contributed by atoms with Crippen LogP contribution in [0.2, 0.25) is 0 Å². The van der Waals surface area contributed by atoms with E-state index >= 15 is 0 Å². The number of carbonyl (C=O) groups excluding carboxylic acids is 1. The van der Waals surface area contributed by atoms with E-state index in [2.05, 4.69) is 4.74 Å². The molecule has 74 valence electrons. The summed E-state index contributed by atoms with van der Waals surface area (Å²) in [5.41, 5.74) is 0. The van der Waals surface area contributed by atoms with Crippen LogP contribution in [-0.4, -0.2) is 35.7 Å². The molecule has 0 amide bonds. The van der Waals surface area contributed by atoms with Crippen molar-refractivity contribution >= 4 is 23.7 Å². The van der Waals surface area contributed by atoms with Gasteiger partial charge in [0.05, 0.1) is 13.0 Å². The lowest BCUT2D eigenvalue weighted by Gasteiger charge is -2.12. The maximum atomic E-state index is 10.9. The number of carbonyl (C=O) groups is 2. The monoisotopic (exact) mass is 204 g/mol. The van der Waals surface area contributed by atoms with E-state index in [0.717, 1.165) is 5.75 Å². The van der Waals surface area contributed by atoms with E-state index in [1.54, 1.807) is 11.8 Å². The van der Waals surface area contributed by atoms with Gasteiger partial charge in [0.25, 0.3) is 0 Å². The first-order valence-corrected chi connectivity index (χ1v) is 5.18. The molecule has 5 heteroatoms. The second-order valence-electron chi connectivity index (χ2n) is 3.02. The van der Waals surface area contributed by atoms with Crippen molar-refractivity contribution in [3.05, 3.63) is 0 Å². The molecule has 0 spiro atoms.